The van der Waals surface area contributed by atoms with E-state index in [2.05, 4.69) is 11.0 Å². The summed E-state index contributed by atoms with van der Waals surface area (Å²) in [6.45, 7) is 1.80. The lowest BCUT2D eigenvalue weighted by Crippen LogP contribution is -2.51. The molecule has 2 fully saturated rings. The highest BCUT2D eigenvalue weighted by atomic mass is 16.7. The van der Waals surface area contributed by atoms with Crippen LogP contribution in [0.25, 0.3) is 0 Å². The number of ether oxygens (including phenoxy) is 4. The normalized spacial score (nSPS) is 30.3. The lowest BCUT2D eigenvalue weighted by atomic mass is 9.79. The molecule has 1 saturated heterocycles. The summed E-state index contributed by atoms with van der Waals surface area (Å²) in [6.07, 6.45) is 3.50. The molecule has 0 aromatic heterocycles. The smallest absolute Gasteiger partial charge is 0.329 e. The molecule has 0 radical (unpaired) electrons. The first kappa shape index (κ1) is 17.6. The Bertz CT molecular complexity index is 680. The fourth-order valence-electron chi connectivity index (χ4n) is 4.56. The molecule has 4 rings (SSSR count). The fraction of sp³-hybridized carbons (Fsp3) is 0.632. The number of carbonyl (C=O) groups is 1. The Morgan fingerprint density at radius 3 is 3.00 bits per heavy atom. The maximum Gasteiger partial charge on any atom is 0.329 e. The number of benzene rings is 1. The Morgan fingerprint density at radius 2 is 2.19 bits per heavy atom. The van der Waals surface area contributed by atoms with E-state index in [1.807, 2.05) is 12.1 Å². The highest BCUT2D eigenvalue weighted by molar-refractivity contribution is 5.68. The highest BCUT2D eigenvalue weighted by Crippen LogP contribution is 2.44. The zero-order valence-electron chi connectivity index (χ0n) is 15.0. The largest absolute Gasteiger partial charge is 0.480 e. The molecule has 0 unspecified atom stereocenters. The van der Waals surface area contributed by atoms with Gasteiger partial charge < -0.3 is 24.1 Å². The number of rotatable bonds is 6. The minimum absolute atomic E-state index is 0.0308. The van der Waals surface area contributed by atoms with E-state index in [1.54, 1.807) is 7.11 Å². The number of hydrogen-bond acceptors (Lipinski definition) is 6. The molecule has 0 bridgehead atoms. The molecule has 1 aromatic rings. The van der Waals surface area contributed by atoms with Crippen molar-refractivity contribution in [3.8, 4) is 11.5 Å². The summed E-state index contributed by atoms with van der Waals surface area (Å²) in [5.74, 6) is 0.671. The van der Waals surface area contributed by atoms with Gasteiger partial charge in [-0.25, -0.2) is 4.79 Å². The molecule has 0 amide bonds. The van der Waals surface area contributed by atoms with E-state index in [1.165, 1.54) is 5.56 Å². The van der Waals surface area contributed by atoms with E-state index in [9.17, 15) is 4.79 Å². The summed E-state index contributed by atoms with van der Waals surface area (Å²) >= 11 is 0. The van der Waals surface area contributed by atoms with Gasteiger partial charge >= 0.3 is 5.97 Å². The quantitative estimate of drug-likeness (QED) is 0.828. The predicted octanol–water partition coefficient (Wildman–Crippen LogP) is 2.03. The first-order valence-corrected chi connectivity index (χ1v) is 9.11. The third-order valence-corrected chi connectivity index (χ3v) is 5.92. The van der Waals surface area contributed by atoms with Crippen molar-refractivity contribution in [2.24, 2.45) is 0 Å². The van der Waals surface area contributed by atoms with Crippen molar-refractivity contribution in [2.45, 2.75) is 50.0 Å². The number of carboxylic acid groups (broad SMARTS) is 1. The van der Waals surface area contributed by atoms with Gasteiger partial charge in [-0.1, -0.05) is 6.07 Å². The number of likely N-dealkylation sites (tertiary alicyclic amines) is 1. The summed E-state index contributed by atoms with van der Waals surface area (Å²) in [5.41, 5.74) is 1.02. The molecule has 1 aliphatic carbocycles. The van der Waals surface area contributed by atoms with Crippen LogP contribution in [0.15, 0.2) is 18.2 Å². The predicted molar refractivity (Wildman–Crippen MR) is 92.3 cm³/mol. The monoisotopic (exact) mass is 363 g/mol. The van der Waals surface area contributed by atoms with Crippen molar-refractivity contribution in [3.05, 3.63) is 23.8 Å². The zero-order valence-corrected chi connectivity index (χ0v) is 15.0. The minimum Gasteiger partial charge on any atom is -0.480 e. The van der Waals surface area contributed by atoms with Crippen molar-refractivity contribution in [1.82, 2.24) is 4.90 Å². The Labute approximate surface area is 152 Å². The maximum atomic E-state index is 10.8. The molecular weight excluding hydrogens is 338 g/mol. The van der Waals surface area contributed by atoms with Crippen LogP contribution in [0.5, 0.6) is 11.5 Å². The number of methoxy groups -OCH3 is 1. The SMILES string of the molecule is CO[C@@]12CC[C@@H](OCC(=O)O)C[C@@H]1N(Cc1ccc3c(c1)OCO3)CC2. The molecule has 142 valence electrons. The average Bonchev–Trinajstić information content (AvgIpc) is 3.25. The van der Waals surface area contributed by atoms with E-state index in [4.69, 9.17) is 24.1 Å². The number of nitrogens with zero attached hydrogens (tertiary/aromatic N) is 1. The summed E-state index contributed by atoms with van der Waals surface area (Å²) < 4.78 is 22.4. The first-order valence-electron chi connectivity index (χ1n) is 9.11. The van der Waals surface area contributed by atoms with E-state index >= 15 is 0 Å². The number of carboxylic acids is 1. The van der Waals surface area contributed by atoms with Crippen LogP contribution in [0.4, 0.5) is 0 Å². The Balaban J connectivity index is 1.47. The van der Waals surface area contributed by atoms with Gasteiger partial charge in [-0.2, -0.15) is 0 Å². The summed E-state index contributed by atoms with van der Waals surface area (Å²) in [7, 11) is 1.79. The second-order valence-corrected chi connectivity index (χ2v) is 7.29. The number of hydrogen-bond donors (Lipinski definition) is 1. The Hall–Kier alpha value is -1.83. The maximum absolute atomic E-state index is 10.8. The van der Waals surface area contributed by atoms with Gasteiger partial charge in [0.05, 0.1) is 11.7 Å². The van der Waals surface area contributed by atoms with Gasteiger partial charge in [-0.15, -0.1) is 0 Å². The van der Waals surface area contributed by atoms with Gasteiger partial charge in [0.15, 0.2) is 11.5 Å². The van der Waals surface area contributed by atoms with E-state index in [-0.39, 0.29) is 31.1 Å². The molecule has 2 heterocycles. The molecule has 7 nitrogen and oxygen atoms in total. The average molecular weight is 363 g/mol. The van der Waals surface area contributed by atoms with Crippen LogP contribution in [0.1, 0.15) is 31.2 Å². The summed E-state index contributed by atoms with van der Waals surface area (Å²) in [5, 5.41) is 8.87. The topological polar surface area (TPSA) is 77.5 Å². The van der Waals surface area contributed by atoms with Gasteiger partial charge in [0, 0.05) is 26.2 Å². The molecule has 26 heavy (non-hydrogen) atoms. The Kier molecular flexibility index (Phi) is 4.77. The third kappa shape index (κ3) is 3.26. The molecule has 3 atom stereocenters. The first-order chi connectivity index (χ1) is 12.6. The molecule has 0 spiro atoms. The van der Waals surface area contributed by atoms with Crippen LogP contribution >= 0.6 is 0 Å². The van der Waals surface area contributed by atoms with Gasteiger partial charge in [-0.3, -0.25) is 4.90 Å². The van der Waals surface area contributed by atoms with E-state index in [0.29, 0.717) is 0 Å². The molecular formula is C19H25NO6. The molecule has 7 heteroatoms. The van der Waals surface area contributed by atoms with Gasteiger partial charge in [0.2, 0.25) is 6.79 Å². The fourth-order valence-corrected chi connectivity index (χ4v) is 4.56. The molecule has 2 aliphatic heterocycles. The molecule has 1 saturated carbocycles. The second kappa shape index (κ2) is 7.06. The lowest BCUT2D eigenvalue weighted by molar-refractivity contribution is -0.148. The van der Waals surface area contributed by atoms with Crippen molar-refractivity contribution in [3.63, 3.8) is 0 Å². The lowest BCUT2D eigenvalue weighted by Gasteiger charge is -2.43. The van der Waals surface area contributed by atoms with Crippen LogP contribution in [0.2, 0.25) is 0 Å². The van der Waals surface area contributed by atoms with Gasteiger partial charge in [0.25, 0.3) is 0 Å². The van der Waals surface area contributed by atoms with E-state index < -0.39 is 5.97 Å². The van der Waals surface area contributed by atoms with Crippen LogP contribution < -0.4 is 9.47 Å². The standard InChI is InChI=1S/C19H25NO6/c1-23-19-5-4-14(24-11-18(21)22)9-17(19)20(7-6-19)10-13-2-3-15-16(8-13)26-12-25-15/h2-3,8,14,17H,4-7,9-12H2,1H3,(H,21,22)/t14-,17+,19-/m1/s1. The van der Waals surface area contributed by atoms with Crippen molar-refractivity contribution in [2.75, 3.05) is 27.1 Å². The summed E-state index contributed by atoms with van der Waals surface area (Å²) in [6, 6.07) is 6.29. The van der Waals surface area contributed by atoms with E-state index in [0.717, 1.165) is 50.3 Å². The third-order valence-electron chi connectivity index (χ3n) is 5.92. The van der Waals surface area contributed by atoms with Gasteiger partial charge in [-0.05, 0) is 43.4 Å². The summed E-state index contributed by atoms with van der Waals surface area (Å²) in [4.78, 5) is 13.2. The van der Waals surface area contributed by atoms with Crippen LogP contribution in [-0.2, 0) is 20.8 Å². The van der Waals surface area contributed by atoms with Crippen LogP contribution in [0.3, 0.4) is 0 Å². The molecule has 1 N–H and O–H groups in total. The number of fused-ring (bicyclic) bond motifs is 2. The van der Waals surface area contributed by atoms with Gasteiger partial charge in [0.1, 0.15) is 6.61 Å². The second-order valence-electron chi connectivity index (χ2n) is 7.29. The molecule has 3 aliphatic rings. The van der Waals surface area contributed by atoms with Crippen molar-refractivity contribution < 1.29 is 28.8 Å². The van der Waals surface area contributed by atoms with Crippen LogP contribution in [0, 0.1) is 0 Å². The Morgan fingerprint density at radius 1 is 1.35 bits per heavy atom. The minimum atomic E-state index is -0.919. The highest BCUT2D eigenvalue weighted by Gasteiger charge is 2.51. The van der Waals surface area contributed by atoms with Crippen LogP contribution in [-0.4, -0.2) is 60.8 Å². The molecule has 1 aromatic carbocycles. The van der Waals surface area contributed by atoms with Crippen molar-refractivity contribution in [1.29, 1.82) is 0 Å². The van der Waals surface area contributed by atoms with Crippen molar-refractivity contribution >= 4 is 5.97 Å². The zero-order chi connectivity index (χ0) is 18.1. The number of aliphatic carboxylic acids is 1.